The fraction of sp³-hybridized carbons (Fsp3) is 0.353. The molecule has 8 heteroatoms. The van der Waals surface area contributed by atoms with E-state index in [9.17, 15) is 9.59 Å². The first-order valence-electron chi connectivity index (χ1n) is 8.01. The minimum absolute atomic E-state index is 0.0533. The summed E-state index contributed by atoms with van der Waals surface area (Å²) >= 11 is 6.01. The van der Waals surface area contributed by atoms with Crippen LogP contribution in [0, 0.1) is 0 Å². The first-order chi connectivity index (χ1) is 12.0. The summed E-state index contributed by atoms with van der Waals surface area (Å²) in [7, 11) is 0. The van der Waals surface area contributed by atoms with Crippen molar-refractivity contribution in [1.29, 1.82) is 0 Å². The van der Waals surface area contributed by atoms with Crippen LogP contribution in [0.1, 0.15) is 15.9 Å². The first-order valence-corrected chi connectivity index (χ1v) is 8.39. The highest BCUT2D eigenvalue weighted by atomic mass is 35.5. The highest BCUT2D eigenvalue weighted by Gasteiger charge is 2.21. The highest BCUT2D eigenvalue weighted by Crippen LogP contribution is 2.14. The van der Waals surface area contributed by atoms with Crippen molar-refractivity contribution in [1.82, 2.24) is 19.6 Å². The zero-order valence-corrected chi connectivity index (χ0v) is 14.4. The van der Waals surface area contributed by atoms with Crippen molar-refractivity contribution >= 4 is 23.5 Å². The Morgan fingerprint density at radius 1 is 1.20 bits per heavy atom. The maximum Gasteiger partial charge on any atom is 0.338 e. The minimum atomic E-state index is -1.05. The Hall–Kier alpha value is -2.38. The maximum atomic E-state index is 12.3. The van der Waals surface area contributed by atoms with E-state index in [-0.39, 0.29) is 18.0 Å². The molecule has 0 bridgehead atoms. The molecule has 1 aromatic carbocycles. The van der Waals surface area contributed by atoms with Crippen molar-refractivity contribution < 1.29 is 14.7 Å². The van der Waals surface area contributed by atoms with Gasteiger partial charge >= 0.3 is 5.97 Å². The van der Waals surface area contributed by atoms with Crippen molar-refractivity contribution in [2.75, 3.05) is 26.2 Å². The zero-order valence-electron chi connectivity index (χ0n) is 13.6. The number of halogens is 1. The van der Waals surface area contributed by atoms with Crippen LogP contribution in [0.5, 0.6) is 0 Å². The number of carbonyl (C=O) groups is 2. The van der Waals surface area contributed by atoms with Crippen LogP contribution in [0.3, 0.4) is 0 Å². The van der Waals surface area contributed by atoms with E-state index in [1.807, 2.05) is 24.3 Å². The van der Waals surface area contributed by atoms with E-state index >= 15 is 0 Å². The molecule has 1 aliphatic heterocycles. The minimum Gasteiger partial charge on any atom is -0.478 e. The van der Waals surface area contributed by atoms with Gasteiger partial charge in [-0.3, -0.25) is 14.4 Å². The second-order valence-corrected chi connectivity index (χ2v) is 6.46. The van der Waals surface area contributed by atoms with Crippen LogP contribution in [-0.4, -0.2) is 62.7 Å². The number of amides is 1. The summed E-state index contributed by atoms with van der Waals surface area (Å²) in [4.78, 5) is 27.3. The van der Waals surface area contributed by atoms with Gasteiger partial charge in [0.05, 0.1) is 11.8 Å². The summed E-state index contributed by atoms with van der Waals surface area (Å²) in [5.41, 5.74) is 1.24. The zero-order chi connectivity index (χ0) is 17.8. The van der Waals surface area contributed by atoms with Gasteiger partial charge in [0, 0.05) is 43.9 Å². The number of carboxylic acid groups (broad SMARTS) is 1. The van der Waals surface area contributed by atoms with E-state index in [2.05, 4.69) is 10.00 Å². The number of aromatic carboxylic acids is 1. The van der Waals surface area contributed by atoms with Gasteiger partial charge in [0.2, 0.25) is 5.91 Å². The van der Waals surface area contributed by atoms with Crippen molar-refractivity contribution in [3.63, 3.8) is 0 Å². The molecule has 2 heterocycles. The lowest BCUT2D eigenvalue weighted by Gasteiger charge is -2.34. The summed E-state index contributed by atoms with van der Waals surface area (Å²) < 4.78 is 1.37. The Bertz CT molecular complexity index is 769. The number of rotatable bonds is 5. The highest BCUT2D eigenvalue weighted by molar-refractivity contribution is 6.30. The summed E-state index contributed by atoms with van der Waals surface area (Å²) in [6.07, 6.45) is 2.62. The van der Waals surface area contributed by atoms with Gasteiger partial charge in [0.25, 0.3) is 0 Å². The lowest BCUT2D eigenvalue weighted by molar-refractivity contribution is -0.133. The third-order valence-corrected chi connectivity index (χ3v) is 4.43. The molecule has 0 saturated carbocycles. The predicted molar refractivity (Wildman–Crippen MR) is 92.5 cm³/mol. The lowest BCUT2D eigenvalue weighted by Crippen LogP contribution is -2.49. The topological polar surface area (TPSA) is 78.7 Å². The molecule has 1 fully saturated rings. The van der Waals surface area contributed by atoms with Gasteiger partial charge in [-0.15, -0.1) is 0 Å². The number of carbonyl (C=O) groups excluding carboxylic acids is 1. The standard InChI is InChI=1S/C17H19ClN4O3/c18-15-3-1-2-13(8-15)10-20-4-6-21(7-5-20)16(23)12-22-11-14(9-19-22)17(24)25/h1-3,8-9,11H,4-7,10,12H2,(H,24,25). The van der Waals surface area contributed by atoms with E-state index in [1.165, 1.54) is 17.1 Å². The van der Waals surface area contributed by atoms with Crippen LogP contribution in [0.15, 0.2) is 36.7 Å². The molecular weight excluding hydrogens is 344 g/mol. The van der Waals surface area contributed by atoms with Crippen molar-refractivity contribution in [3.05, 3.63) is 52.8 Å². The second-order valence-electron chi connectivity index (χ2n) is 6.02. The largest absolute Gasteiger partial charge is 0.478 e. The Morgan fingerprint density at radius 3 is 2.60 bits per heavy atom. The number of hydrogen-bond acceptors (Lipinski definition) is 4. The SMILES string of the molecule is O=C(O)c1cnn(CC(=O)N2CCN(Cc3cccc(Cl)c3)CC2)c1. The predicted octanol–water partition coefficient (Wildman–Crippen LogP) is 1.58. The monoisotopic (exact) mass is 362 g/mol. The first kappa shape index (κ1) is 17.4. The van der Waals surface area contributed by atoms with E-state index < -0.39 is 5.97 Å². The Balaban J connectivity index is 1.49. The molecular formula is C17H19ClN4O3. The van der Waals surface area contributed by atoms with Gasteiger partial charge in [-0.25, -0.2) is 4.79 Å². The normalized spacial score (nSPS) is 15.3. The molecule has 1 aliphatic rings. The van der Waals surface area contributed by atoms with Gasteiger partial charge in [-0.1, -0.05) is 23.7 Å². The Labute approximate surface area is 150 Å². The third-order valence-electron chi connectivity index (χ3n) is 4.20. The summed E-state index contributed by atoms with van der Waals surface area (Å²) in [5.74, 6) is -1.10. The molecule has 1 amide bonds. The van der Waals surface area contributed by atoms with Crippen molar-refractivity contribution in [2.45, 2.75) is 13.1 Å². The molecule has 0 spiro atoms. The van der Waals surface area contributed by atoms with Crippen LogP contribution >= 0.6 is 11.6 Å². The summed E-state index contributed by atoms with van der Waals surface area (Å²) in [5, 5.41) is 13.5. The number of aromatic nitrogens is 2. The van der Waals surface area contributed by atoms with E-state index in [4.69, 9.17) is 16.7 Å². The summed E-state index contributed by atoms with van der Waals surface area (Å²) in [6, 6.07) is 7.79. The third kappa shape index (κ3) is 4.58. The Kier molecular flexibility index (Phi) is 5.35. The van der Waals surface area contributed by atoms with Crippen LogP contribution in [0.2, 0.25) is 5.02 Å². The van der Waals surface area contributed by atoms with Crippen molar-refractivity contribution in [3.8, 4) is 0 Å². The summed E-state index contributed by atoms with van der Waals surface area (Å²) in [6.45, 7) is 3.74. The molecule has 0 unspecified atom stereocenters. The number of benzene rings is 1. The second kappa shape index (κ2) is 7.67. The molecule has 132 valence electrons. The van der Waals surface area contributed by atoms with Gasteiger partial charge in [-0.2, -0.15) is 5.10 Å². The molecule has 0 atom stereocenters. The molecule has 1 N–H and O–H groups in total. The molecule has 25 heavy (non-hydrogen) atoms. The fourth-order valence-electron chi connectivity index (χ4n) is 2.85. The van der Waals surface area contributed by atoms with Gasteiger partial charge < -0.3 is 10.0 Å². The van der Waals surface area contributed by atoms with Crippen LogP contribution in [0.25, 0.3) is 0 Å². The average molecular weight is 363 g/mol. The van der Waals surface area contributed by atoms with Crippen LogP contribution < -0.4 is 0 Å². The Morgan fingerprint density at radius 2 is 1.96 bits per heavy atom. The van der Waals surface area contributed by atoms with Gasteiger partial charge in [0.1, 0.15) is 6.54 Å². The van der Waals surface area contributed by atoms with Gasteiger partial charge in [-0.05, 0) is 17.7 Å². The smallest absolute Gasteiger partial charge is 0.338 e. The molecule has 3 rings (SSSR count). The van der Waals surface area contributed by atoms with E-state index in [1.54, 1.807) is 4.90 Å². The molecule has 2 aromatic rings. The fourth-order valence-corrected chi connectivity index (χ4v) is 3.06. The van der Waals surface area contributed by atoms with E-state index in [0.717, 1.165) is 30.2 Å². The van der Waals surface area contributed by atoms with Crippen LogP contribution in [0.4, 0.5) is 0 Å². The number of piperazine rings is 1. The van der Waals surface area contributed by atoms with Crippen molar-refractivity contribution in [2.24, 2.45) is 0 Å². The van der Waals surface area contributed by atoms with Gasteiger partial charge in [0.15, 0.2) is 0 Å². The molecule has 1 aromatic heterocycles. The number of hydrogen-bond donors (Lipinski definition) is 1. The molecule has 1 saturated heterocycles. The quantitative estimate of drug-likeness (QED) is 0.873. The lowest BCUT2D eigenvalue weighted by atomic mass is 10.2. The number of carboxylic acids is 1. The number of nitrogens with zero attached hydrogens (tertiary/aromatic N) is 4. The van der Waals surface area contributed by atoms with E-state index in [0.29, 0.717) is 13.1 Å². The molecule has 7 nitrogen and oxygen atoms in total. The maximum absolute atomic E-state index is 12.3. The van der Waals surface area contributed by atoms with Crippen LogP contribution in [-0.2, 0) is 17.9 Å². The molecule has 0 aliphatic carbocycles. The molecule has 0 radical (unpaired) electrons. The average Bonchev–Trinajstić information content (AvgIpc) is 3.04.